The molecule has 0 N–H and O–H groups in total. The summed E-state index contributed by atoms with van der Waals surface area (Å²) in [5, 5.41) is 0. The van der Waals surface area contributed by atoms with Crippen LogP contribution in [0, 0.1) is 11.3 Å². The summed E-state index contributed by atoms with van der Waals surface area (Å²) in [5.74, 6) is 0.833. The Morgan fingerprint density at radius 1 is 1.26 bits per heavy atom. The van der Waals surface area contributed by atoms with Gasteiger partial charge in [-0.25, -0.2) is 0 Å². The van der Waals surface area contributed by atoms with Gasteiger partial charge in [-0.3, -0.25) is 0 Å². The molecule has 2 rings (SSSR count). The van der Waals surface area contributed by atoms with Gasteiger partial charge < -0.3 is 0 Å². The second-order valence-corrected chi connectivity index (χ2v) is 6.32. The maximum Gasteiger partial charge on any atom is 0.0154 e. The van der Waals surface area contributed by atoms with Gasteiger partial charge in [-0.1, -0.05) is 63.3 Å². The molecule has 1 atom stereocenters. The molecular weight excluding hydrogens is 228 g/mol. The summed E-state index contributed by atoms with van der Waals surface area (Å²) in [7, 11) is 0. The van der Waals surface area contributed by atoms with Crippen molar-refractivity contribution in [2.24, 2.45) is 11.3 Å². The molecule has 1 fully saturated rings. The van der Waals surface area contributed by atoms with E-state index in [1.54, 1.807) is 5.57 Å². The summed E-state index contributed by atoms with van der Waals surface area (Å²) >= 11 is 0. The van der Waals surface area contributed by atoms with E-state index in [-0.39, 0.29) is 5.41 Å². The van der Waals surface area contributed by atoms with Crippen molar-refractivity contribution >= 4 is 0 Å². The summed E-state index contributed by atoms with van der Waals surface area (Å²) in [6.45, 7) is 6.57. The Bertz CT molecular complexity index is 341. The number of hydrogen-bond donors (Lipinski definition) is 0. The van der Waals surface area contributed by atoms with Crippen LogP contribution in [0.1, 0.15) is 71.1 Å². The van der Waals surface area contributed by atoms with Crippen molar-refractivity contribution in [1.29, 1.82) is 0 Å². The van der Waals surface area contributed by atoms with Crippen LogP contribution in [0.3, 0.4) is 0 Å². The average molecular weight is 258 g/mol. The Hall–Kier alpha value is -0.780. The van der Waals surface area contributed by atoms with Crippen molar-refractivity contribution in [3.05, 3.63) is 36.5 Å². The van der Waals surface area contributed by atoms with Crippen LogP contribution in [0.4, 0.5) is 0 Å². The molecular formula is C19H30. The van der Waals surface area contributed by atoms with E-state index in [1.807, 2.05) is 0 Å². The molecule has 0 amide bonds. The summed E-state index contributed by atoms with van der Waals surface area (Å²) in [5.41, 5.74) is 1.85. The van der Waals surface area contributed by atoms with Crippen molar-refractivity contribution in [2.75, 3.05) is 0 Å². The first-order valence-corrected chi connectivity index (χ1v) is 8.34. The Kier molecular flexibility index (Phi) is 5.48. The molecule has 1 unspecified atom stereocenters. The summed E-state index contributed by atoms with van der Waals surface area (Å²) in [6, 6.07) is 0. The van der Waals surface area contributed by atoms with Crippen LogP contribution in [-0.2, 0) is 0 Å². The molecule has 1 saturated carbocycles. The van der Waals surface area contributed by atoms with Gasteiger partial charge in [0.25, 0.3) is 0 Å². The highest BCUT2D eigenvalue weighted by Gasteiger charge is 2.38. The minimum Gasteiger partial charge on any atom is -0.102 e. The first-order valence-electron chi connectivity index (χ1n) is 8.34. The van der Waals surface area contributed by atoms with E-state index < -0.39 is 0 Å². The van der Waals surface area contributed by atoms with Gasteiger partial charge in [-0.15, -0.1) is 6.58 Å². The minimum absolute atomic E-state index is 0.271. The van der Waals surface area contributed by atoms with Crippen LogP contribution >= 0.6 is 0 Å². The number of hydrogen-bond acceptors (Lipinski definition) is 0. The first-order chi connectivity index (χ1) is 9.33. The smallest absolute Gasteiger partial charge is 0.0154 e. The third-order valence-corrected chi connectivity index (χ3v) is 5.17. The van der Waals surface area contributed by atoms with E-state index >= 15 is 0 Å². The lowest BCUT2D eigenvalue weighted by atomic mass is 9.61. The quantitative estimate of drug-likeness (QED) is 0.497. The zero-order valence-electron chi connectivity index (χ0n) is 12.7. The lowest BCUT2D eigenvalue weighted by Gasteiger charge is -2.43. The lowest BCUT2D eigenvalue weighted by molar-refractivity contribution is 0.194. The molecule has 0 heterocycles. The average Bonchev–Trinajstić information content (AvgIpc) is 2.51. The molecule has 0 radical (unpaired) electrons. The van der Waals surface area contributed by atoms with Crippen LogP contribution < -0.4 is 0 Å². The third-order valence-electron chi connectivity index (χ3n) is 5.17. The van der Waals surface area contributed by atoms with Crippen molar-refractivity contribution in [1.82, 2.24) is 0 Å². The van der Waals surface area contributed by atoms with Crippen LogP contribution in [-0.4, -0.2) is 0 Å². The monoisotopic (exact) mass is 258 g/mol. The van der Waals surface area contributed by atoms with E-state index in [0.717, 1.165) is 5.92 Å². The van der Waals surface area contributed by atoms with Gasteiger partial charge >= 0.3 is 0 Å². The Morgan fingerprint density at radius 3 is 2.63 bits per heavy atom. The van der Waals surface area contributed by atoms with Crippen molar-refractivity contribution < 1.29 is 0 Å². The Morgan fingerprint density at radius 2 is 2.05 bits per heavy atom. The van der Waals surface area contributed by atoms with Crippen LogP contribution in [0.15, 0.2) is 36.5 Å². The fraction of sp³-hybridized carbons (Fsp3) is 0.684. The Balaban J connectivity index is 2.25. The highest BCUT2D eigenvalue weighted by Crippen LogP contribution is 2.49. The van der Waals surface area contributed by atoms with Gasteiger partial charge in [-0.2, -0.15) is 0 Å². The van der Waals surface area contributed by atoms with Crippen molar-refractivity contribution in [3.63, 3.8) is 0 Å². The summed E-state index contributed by atoms with van der Waals surface area (Å²) in [6.07, 6.45) is 23.0. The molecule has 0 aliphatic heterocycles. The molecule has 0 aromatic carbocycles. The lowest BCUT2D eigenvalue weighted by Crippen LogP contribution is -2.32. The second-order valence-electron chi connectivity index (χ2n) is 6.32. The number of allylic oxidation sites excluding steroid dienone is 5. The van der Waals surface area contributed by atoms with Gasteiger partial charge in [0.2, 0.25) is 0 Å². The van der Waals surface area contributed by atoms with Crippen molar-refractivity contribution in [2.45, 2.75) is 71.1 Å². The zero-order valence-corrected chi connectivity index (χ0v) is 12.7. The normalized spacial score (nSPS) is 23.7. The topological polar surface area (TPSA) is 0 Å². The van der Waals surface area contributed by atoms with Gasteiger partial charge in [0.15, 0.2) is 0 Å². The molecule has 2 aliphatic rings. The highest BCUT2D eigenvalue weighted by atomic mass is 14.4. The van der Waals surface area contributed by atoms with E-state index in [1.165, 1.54) is 64.2 Å². The van der Waals surface area contributed by atoms with Crippen LogP contribution in [0.5, 0.6) is 0 Å². The number of rotatable bonds is 6. The SMILES string of the molecule is C=CC(CCCC)(C1=CCCC=C1)C1CCCCC1. The molecule has 0 aromatic rings. The molecule has 106 valence electrons. The molecule has 0 spiro atoms. The van der Waals surface area contributed by atoms with E-state index in [9.17, 15) is 0 Å². The first kappa shape index (κ1) is 14.6. The van der Waals surface area contributed by atoms with Crippen LogP contribution in [0.2, 0.25) is 0 Å². The molecule has 0 heteroatoms. The molecule has 2 aliphatic carbocycles. The Labute approximate surface area is 119 Å². The maximum atomic E-state index is 4.26. The van der Waals surface area contributed by atoms with Gasteiger partial charge in [0.05, 0.1) is 0 Å². The number of unbranched alkanes of at least 4 members (excludes halogenated alkanes) is 1. The second kappa shape index (κ2) is 7.12. The molecule has 19 heavy (non-hydrogen) atoms. The van der Waals surface area contributed by atoms with E-state index in [0.29, 0.717) is 0 Å². The summed E-state index contributed by atoms with van der Waals surface area (Å²) in [4.78, 5) is 0. The van der Waals surface area contributed by atoms with Gasteiger partial charge in [0.1, 0.15) is 0 Å². The molecule has 0 saturated heterocycles. The standard InChI is InChI=1S/C19H30/c1-3-5-16-19(4-2,17-12-8-6-9-13-17)18-14-10-7-11-15-18/h4,8,12-13,18H,2-3,5-7,9-11,14-16H2,1H3. The van der Waals surface area contributed by atoms with E-state index in [2.05, 4.69) is 37.8 Å². The largest absolute Gasteiger partial charge is 0.102 e. The fourth-order valence-corrected chi connectivity index (χ4v) is 4.02. The molecule has 0 bridgehead atoms. The van der Waals surface area contributed by atoms with Gasteiger partial charge in [-0.05, 0) is 43.6 Å². The molecule has 0 aromatic heterocycles. The van der Waals surface area contributed by atoms with Gasteiger partial charge in [0, 0.05) is 5.41 Å². The van der Waals surface area contributed by atoms with Crippen molar-refractivity contribution in [3.8, 4) is 0 Å². The highest BCUT2D eigenvalue weighted by molar-refractivity contribution is 5.34. The minimum atomic E-state index is 0.271. The predicted octanol–water partition coefficient (Wildman–Crippen LogP) is 6.21. The zero-order chi connectivity index (χ0) is 13.6. The third kappa shape index (κ3) is 3.22. The fourth-order valence-electron chi connectivity index (χ4n) is 4.02. The van der Waals surface area contributed by atoms with Crippen LogP contribution in [0.25, 0.3) is 0 Å². The molecule has 0 nitrogen and oxygen atoms in total. The van der Waals surface area contributed by atoms with E-state index in [4.69, 9.17) is 0 Å². The summed E-state index contributed by atoms with van der Waals surface area (Å²) < 4.78 is 0. The predicted molar refractivity (Wildman–Crippen MR) is 85.2 cm³/mol. The maximum absolute atomic E-state index is 4.26.